The zero-order valence-corrected chi connectivity index (χ0v) is 23.3. The van der Waals surface area contributed by atoms with E-state index in [0.717, 1.165) is 42.4 Å². The number of nitrogens with zero attached hydrogens (tertiary/aromatic N) is 3. The highest BCUT2D eigenvalue weighted by atomic mass is 32.2. The molecule has 0 aliphatic heterocycles. The molecule has 0 atom stereocenters. The molecule has 0 saturated heterocycles. The molecule has 0 radical (unpaired) electrons. The molecule has 1 fully saturated rings. The summed E-state index contributed by atoms with van der Waals surface area (Å²) in [5, 5.41) is 7.35. The average Bonchev–Trinajstić information content (AvgIpc) is 3.26. The van der Waals surface area contributed by atoms with Crippen LogP contribution in [0.4, 0.5) is 10.7 Å². The van der Waals surface area contributed by atoms with Crippen molar-refractivity contribution >= 4 is 32.8 Å². The second-order valence-electron chi connectivity index (χ2n) is 10.8. The lowest BCUT2D eigenvalue weighted by molar-refractivity contribution is 0.0492. The Balaban J connectivity index is 1.36. The Bertz CT molecular complexity index is 1360. The van der Waals surface area contributed by atoms with Crippen LogP contribution in [0.5, 0.6) is 5.75 Å². The number of sulfone groups is 1. The van der Waals surface area contributed by atoms with Gasteiger partial charge >= 0.3 is 6.09 Å². The van der Waals surface area contributed by atoms with Crippen molar-refractivity contribution in [2.45, 2.75) is 70.6 Å². The zero-order valence-electron chi connectivity index (χ0n) is 22.4. The van der Waals surface area contributed by atoms with E-state index in [1.807, 2.05) is 61.9 Å². The normalized spacial score (nSPS) is 18.2. The highest BCUT2D eigenvalue weighted by Gasteiger charge is 2.25. The van der Waals surface area contributed by atoms with E-state index < -0.39 is 15.4 Å². The van der Waals surface area contributed by atoms with Crippen LogP contribution >= 0.6 is 0 Å². The Morgan fingerprint density at radius 2 is 1.84 bits per heavy atom. The first-order chi connectivity index (χ1) is 18.0. The number of hydrogen-bond acceptors (Lipinski definition) is 8. The lowest BCUT2D eigenvalue weighted by Gasteiger charge is -2.30. The summed E-state index contributed by atoms with van der Waals surface area (Å²) < 4.78 is 36.0. The summed E-state index contributed by atoms with van der Waals surface area (Å²) in [4.78, 5) is 21.2. The molecule has 206 valence electrons. The van der Waals surface area contributed by atoms with Crippen molar-refractivity contribution in [3.05, 3.63) is 42.7 Å². The third-order valence-corrected chi connectivity index (χ3v) is 7.31. The van der Waals surface area contributed by atoms with Gasteiger partial charge < -0.3 is 24.7 Å². The third-order valence-electron chi connectivity index (χ3n) is 6.28. The van der Waals surface area contributed by atoms with Crippen LogP contribution < -0.4 is 15.4 Å². The van der Waals surface area contributed by atoms with E-state index in [9.17, 15) is 13.2 Å². The minimum atomic E-state index is -3.01. The zero-order chi connectivity index (χ0) is 27.3. The number of aromatic nitrogens is 3. The van der Waals surface area contributed by atoms with E-state index in [-0.39, 0.29) is 23.9 Å². The number of amides is 1. The SMILES string of the molecule is CC(C)(C)OC(=O)NC1CCC(Nc2nccc(-n3ccc4c(OCCCS(C)(=O)=O)cccc43)n2)CC1. The van der Waals surface area contributed by atoms with Crippen molar-refractivity contribution in [1.29, 1.82) is 0 Å². The van der Waals surface area contributed by atoms with E-state index in [0.29, 0.717) is 24.7 Å². The molecule has 2 heterocycles. The molecule has 4 rings (SSSR count). The van der Waals surface area contributed by atoms with Crippen LogP contribution in [0.1, 0.15) is 52.9 Å². The first-order valence-electron chi connectivity index (χ1n) is 13.0. The average molecular weight is 544 g/mol. The number of ether oxygens (including phenoxy) is 2. The number of carbonyl (C=O) groups excluding carboxylic acids is 1. The van der Waals surface area contributed by atoms with Gasteiger partial charge in [-0.1, -0.05) is 6.07 Å². The maximum absolute atomic E-state index is 12.1. The topological polar surface area (TPSA) is 124 Å². The largest absolute Gasteiger partial charge is 0.493 e. The Kier molecular flexibility index (Phi) is 8.44. The number of anilines is 1. The monoisotopic (exact) mass is 543 g/mol. The number of nitrogens with one attached hydrogen (secondary N) is 2. The van der Waals surface area contributed by atoms with Gasteiger partial charge in [0.05, 0.1) is 17.9 Å². The predicted octanol–water partition coefficient (Wildman–Crippen LogP) is 4.48. The van der Waals surface area contributed by atoms with Crippen LogP contribution in [0.3, 0.4) is 0 Å². The van der Waals surface area contributed by atoms with Gasteiger partial charge in [-0.25, -0.2) is 18.2 Å². The summed E-state index contributed by atoms with van der Waals surface area (Å²) in [7, 11) is -3.01. The Labute approximate surface area is 224 Å². The number of carbonyl (C=O) groups is 1. The fourth-order valence-corrected chi connectivity index (χ4v) is 5.20. The molecule has 2 aromatic heterocycles. The molecule has 0 bridgehead atoms. The molecule has 0 unspecified atom stereocenters. The number of benzene rings is 1. The van der Waals surface area contributed by atoms with Crippen LogP contribution in [0, 0.1) is 0 Å². The van der Waals surface area contributed by atoms with Crippen LogP contribution in [0.25, 0.3) is 16.7 Å². The summed E-state index contributed by atoms with van der Waals surface area (Å²) in [6.07, 6.45) is 8.46. The van der Waals surface area contributed by atoms with Gasteiger partial charge in [-0.15, -0.1) is 0 Å². The first-order valence-corrected chi connectivity index (χ1v) is 15.0. The van der Waals surface area contributed by atoms with Crippen molar-refractivity contribution < 1.29 is 22.7 Å². The van der Waals surface area contributed by atoms with Crippen molar-refractivity contribution in [2.75, 3.05) is 23.9 Å². The lowest BCUT2D eigenvalue weighted by atomic mass is 9.91. The minimum absolute atomic E-state index is 0.0998. The molecule has 3 aromatic rings. The maximum atomic E-state index is 12.1. The second kappa shape index (κ2) is 11.6. The van der Waals surface area contributed by atoms with E-state index in [1.54, 1.807) is 6.20 Å². The van der Waals surface area contributed by atoms with Gasteiger partial charge in [-0.2, -0.15) is 4.98 Å². The molecular weight excluding hydrogens is 506 g/mol. The van der Waals surface area contributed by atoms with Crippen molar-refractivity contribution in [3.8, 4) is 11.6 Å². The molecule has 1 aliphatic rings. The van der Waals surface area contributed by atoms with Gasteiger partial charge in [0.2, 0.25) is 5.95 Å². The van der Waals surface area contributed by atoms with Crippen molar-refractivity contribution in [3.63, 3.8) is 0 Å². The van der Waals surface area contributed by atoms with Gasteiger partial charge in [-0.05, 0) is 77.1 Å². The molecule has 1 aliphatic carbocycles. The van der Waals surface area contributed by atoms with E-state index in [2.05, 4.69) is 15.6 Å². The predicted molar refractivity (Wildman–Crippen MR) is 148 cm³/mol. The fourth-order valence-electron chi connectivity index (χ4n) is 4.56. The summed E-state index contributed by atoms with van der Waals surface area (Å²) in [5.74, 6) is 2.09. The van der Waals surface area contributed by atoms with Gasteiger partial charge in [0.25, 0.3) is 0 Å². The lowest BCUT2D eigenvalue weighted by Crippen LogP contribution is -2.42. The summed E-state index contributed by atoms with van der Waals surface area (Å²) in [6, 6.07) is 9.93. The minimum Gasteiger partial charge on any atom is -0.493 e. The van der Waals surface area contributed by atoms with Crippen molar-refractivity contribution in [2.24, 2.45) is 0 Å². The van der Waals surface area contributed by atoms with Gasteiger partial charge in [-0.3, -0.25) is 0 Å². The molecule has 2 N–H and O–H groups in total. The van der Waals surface area contributed by atoms with Gasteiger partial charge in [0, 0.05) is 36.1 Å². The quantitative estimate of drug-likeness (QED) is 0.379. The van der Waals surface area contributed by atoms with Gasteiger partial charge in [0.15, 0.2) is 0 Å². The van der Waals surface area contributed by atoms with Gasteiger partial charge in [0.1, 0.15) is 27.0 Å². The fraction of sp³-hybridized carbons (Fsp3) is 0.519. The molecule has 1 saturated carbocycles. The summed E-state index contributed by atoms with van der Waals surface area (Å²) in [5.41, 5.74) is 0.425. The molecular formula is C27H37N5O5S. The number of alkyl carbamates (subject to hydrolysis) is 1. The Hall–Kier alpha value is -3.34. The molecule has 1 amide bonds. The number of fused-ring (bicyclic) bond motifs is 1. The van der Waals surface area contributed by atoms with Crippen LogP contribution in [0.2, 0.25) is 0 Å². The van der Waals surface area contributed by atoms with E-state index >= 15 is 0 Å². The standard InChI is InChI=1S/C27H37N5O5S/c1-27(2,3)37-26(33)30-20-11-9-19(10-12-20)29-25-28-15-13-24(31-25)32-16-14-21-22(32)7-5-8-23(21)36-17-6-18-38(4,34)35/h5,7-8,13-16,19-20H,6,9-12,17-18H2,1-4H3,(H,30,33)(H,28,29,31). The highest BCUT2D eigenvalue weighted by molar-refractivity contribution is 7.90. The molecule has 38 heavy (non-hydrogen) atoms. The molecule has 10 nitrogen and oxygen atoms in total. The molecule has 1 aromatic carbocycles. The number of rotatable bonds is 9. The Morgan fingerprint density at radius 3 is 2.55 bits per heavy atom. The van der Waals surface area contributed by atoms with E-state index in [1.165, 1.54) is 6.26 Å². The second-order valence-corrected chi connectivity index (χ2v) is 13.0. The highest BCUT2D eigenvalue weighted by Crippen LogP contribution is 2.29. The van der Waals surface area contributed by atoms with Crippen LogP contribution in [-0.2, 0) is 14.6 Å². The van der Waals surface area contributed by atoms with Crippen LogP contribution in [0.15, 0.2) is 42.7 Å². The summed E-state index contributed by atoms with van der Waals surface area (Å²) in [6.45, 7) is 5.90. The maximum Gasteiger partial charge on any atom is 0.407 e. The van der Waals surface area contributed by atoms with Crippen LogP contribution in [-0.4, -0.2) is 65.3 Å². The number of hydrogen-bond donors (Lipinski definition) is 2. The third kappa shape index (κ3) is 7.83. The smallest absolute Gasteiger partial charge is 0.407 e. The first kappa shape index (κ1) is 27.7. The van der Waals surface area contributed by atoms with Crippen molar-refractivity contribution in [1.82, 2.24) is 19.9 Å². The Morgan fingerprint density at radius 1 is 1.11 bits per heavy atom. The van der Waals surface area contributed by atoms with E-state index in [4.69, 9.17) is 14.5 Å². The molecule has 0 spiro atoms. The summed E-state index contributed by atoms with van der Waals surface area (Å²) >= 11 is 0. The molecule has 11 heteroatoms.